The van der Waals surface area contributed by atoms with Gasteiger partial charge < -0.3 is 15.1 Å². The molecule has 1 saturated carbocycles. The molecule has 3 rings (SSSR count). The van der Waals surface area contributed by atoms with E-state index in [0.717, 1.165) is 44.1 Å². The zero-order valence-electron chi connectivity index (χ0n) is 17.3. The number of aromatic carboxylic acids is 1. The Morgan fingerprint density at radius 1 is 1.31 bits per heavy atom. The molecule has 1 aromatic carbocycles. The lowest BCUT2D eigenvalue weighted by molar-refractivity contribution is -0.128. The maximum atomic E-state index is 12.4. The molecule has 5 heteroatoms. The monoisotopic (exact) mass is 399 g/mol. The maximum Gasteiger partial charge on any atom is 0.335 e. The molecule has 2 aliphatic rings. The minimum absolute atomic E-state index is 0.0405. The number of hydrogen-bond donors (Lipinski definition) is 2. The van der Waals surface area contributed by atoms with E-state index in [9.17, 15) is 14.7 Å². The highest BCUT2D eigenvalue weighted by Crippen LogP contribution is 2.48. The summed E-state index contributed by atoms with van der Waals surface area (Å²) >= 11 is 0. The average Bonchev–Trinajstić information content (AvgIpc) is 3.03. The van der Waals surface area contributed by atoms with Crippen LogP contribution in [0.3, 0.4) is 0 Å². The summed E-state index contributed by atoms with van der Waals surface area (Å²) in [5.74, 6) is -0.779. The van der Waals surface area contributed by atoms with Crippen molar-refractivity contribution in [3.63, 3.8) is 0 Å². The highest BCUT2D eigenvalue weighted by molar-refractivity contribution is 5.87. The number of aliphatic hydroxyl groups is 1. The van der Waals surface area contributed by atoms with Crippen molar-refractivity contribution in [2.45, 2.75) is 76.9 Å². The summed E-state index contributed by atoms with van der Waals surface area (Å²) in [6.07, 6.45) is 12.3. The molecular formula is C24H33NO4. The number of nitrogens with zero attached hydrogens (tertiary/aromatic N) is 1. The minimum atomic E-state index is -0.932. The second kappa shape index (κ2) is 9.57. The summed E-state index contributed by atoms with van der Waals surface area (Å²) in [6.45, 7) is 2.79. The lowest BCUT2D eigenvalue weighted by atomic mass is 9.62. The lowest BCUT2D eigenvalue weighted by Crippen LogP contribution is -2.40. The first-order valence-corrected chi connectivity index (χ1v) is 10.9. The second-order valence-electron chi connectivity index (χ2n) is 8.59. The molecule has 1 heterocycles. The Balaban J connectivity index is 1.58. The van der Waals surface area contributed by atoms with Crippen molar-refractivity contribution in [2.75, 3.05) is 6.54 Å². The van der Waals surface area contributed by atoms with Crippen LogP contribution in [0.5, 0.6) is 0 Å². The van der Waals surface area contributed by atoms with Crippen LogP contribution in [0.15, 0.2) is 36.4 Å². The highest BCUT2D eigenvalue weighted by atomic mass is 16.4. The Morgan fingerprint density at radius 3 is 2.62 bits per heavy atom. The second-order valence-corrected chi connectivity index (χ2v) is 8.59. The van der Waals surface area contributed by atoms with Gasteiger partial charge in [0.2, 0.25) is 5.91 Å². The van der Waals surface area contributed by atoms with Crippen molar-refractivity contribution in [2.24, 2.45) is 5.41 Å². The quantitative estimate of drug-likeness (QED) is 0.578. The number of unbranched alkanes of at least 4 members (excludes halogenated alkanes) is 1. The Hall–Kier alpha value is -2.14. The SMILES string of the molecule is CCCCC1([C@H](O)C=C[C@H]2CCC(=O)N2CCc2ccc(C(=O)O)cc2)CCC1. The third-order valence-electron chi connectivity index (χ3n) is 6.74. The van der Waals surface area contributed by atoms with Crippen LogP contribution in [0.1, 0.15) is 74.2 Å². The van der Waals surface area contributed by atoms with E-state index in [-0.39, 0.29) is 22.9 Å². The van der Waals surface area contributed by atoms with Gasteiger partial charge in [0.05, 0.1) is 17.7 Å². The number of carboxylic acid groups (broad SMARTS) is 1. The molecule has 1 aliphatic heterocycles. The fourth-order valence-corrected chi connectivity index (χ4v) is 4.60. The molecule has 2 fully saturated rings. The molecule has 0 unspecified atom stereocenters. The summed E-state index contributed by atoms with van der Waals surface area (Å²) < 4.78 is 0. The molecule has 0 bridgehead atoms. The number of amides is 1. The Bertz CT molecular complexity index is 736. The van der Waals surface area contributed by atoms with Crippen molar-refractivity contribution in [3.05, 3.63) is 47.5 Å². The largest absolute Gasteiger partial charge is 0.478 e. The van der Waals surface area contributed by atoms with Crippen LogP contribution in [-0.4, -0.2) is 45.7 Å². The zero-order valence-corrected chi connectivity index (χ0v) is 17.3. The molecule has 1 amide bonds. The van der Waals surface area contributed by atoms with E-state index in [1.165, 1.54) is 6.42 Å². The van der Waals surface area contributed by atoms with Gasteiger partial charge in [-0.15, -0.1) is 0 Å². The van der Waals surface area contributed by atoms with Crippen molar-refractivity contribution in [3.8, 4) is 0 Å². The van der Waals surface area contributed by atoms with Gasteiger partial charge in [0.15, 0.2) is 0 Å². The van der Waals surface area contributed by atoms with Gasteiger partial charge in [0.1, 0.15) is 0 Å². The summed E-state index contributed by atoms with van der Waals surface area (Å²) in [5, 5.41) is 19.8. The first-order chi connectivity index (χ1) is 13.9. The predicted octanol–water partition coefficient (Wildman–Crippen LogP) is 4.20. The van der Waals surface area contributed by atoms with Crippen LogP contribution < -0.4 is 0 Å². The Labute approximate surface area is 173 Å². The summed E-state index contributed by atoms with van der Waals surface area (Å²) in [6, 6.07) is 6.87. The van der Waals surface area contributed by atoms with Crippen molar-refractivity contribution >= 4 is 11.9 Å². The van der Waals surface area contributed by atoms with Crippen molar-refractivity contribution in [1.29, 1.82) is 0 Å². The molecule has 2 N–H and O–H groups in total. The van der Waals surface area contributed by atoms with E-state index >= 15 is 0 Å². The standard InChI is InChI=1S/C24H33NO4/c1-2-3-14-24(15-4-16-24)21(26)11-9-20-10-12-22(27)25(20)17-13-18-5-7-19(8-6-18)23(28)29/h5-9,11,20-21,26H,2-4,10,12-17H2,1H3,(H,28,29)/t20-,21+/m0/s1. The van der Waals surface area contributed by atoms with Gasteiger partial charge in [-0.25, -0.2) is 4.79 Å². The van der Waals surface area contributed by atoms with E-state index in [2.05, 4.69) is 6.92 Å². The summed E-state index contributed by atoms with van der Waals surface area (Å²) in [7, 11) is 0. The topological polar surface area (TPSA) is 77.8 Å². The van der Waals surface area contributed by atoms with Gasteiger partial charge in [-0.3, -0.25) is 4.79 Å². The fourth-order valence-electron chi connectivity index (χ4n) is 4.60. The predicted molar refractivity (Wildman–Crippen MR) is 113 cm³/mol. The van der Waals surface area contributed by atoms with E-state index in [0.29, 0.717) is 19.4 Å². The first kappa shape index (κ1) is 21.6. The zero-order chi connectivity index (χ0) is 20.9. The van der Waals surface area contributed by atoms with E-state index in [1.807, 2.05) is 29.2 Å². The van der Waals surface area contributed by atoms with Gasteiger partial charge in [0.25, 0.3) is 0 Å². The summed E-state index contributed by atoms with van der Waals surface area (Å²) in [5.41, 5.74) is 1.34. The molecular weight excluding hydrogens is 366 g/mol. The molecule has 29 heavy (non-hydrogen) atoms. The number of rotatable bonds is 10. The molecule has 0 spiro atoms. The van der Waals surface area contributed by atoms with Gasteiger partial charge in [0, 0.05) is 13.0 Å². The third-order valence-corrected chi connectivity index (χ3v) is 6.74. The van der Waals surface area contributed by atoms with Crippen molar-refractivity contribution < 1.29 is 19.8 Å². The number of hydrogen-bond acceptors (Lipinski definition) is 3. The van der Waals surface area contributed by atoms with Gasteiger partial charge in [-0.2, -0.15) is 0 Å². The van der Waals surface area contributed by atoms with E-state index in [4.69, 9.17) is 5.11 Å². The number of carboxylic acids is 1. The van der Waals surface area contributed by atoms with Crippen LogP contribution in [0.4, 0.5) is 0 Å². The number of aliphatic hydroxyl groups excluding tert-OH is 1. The van der Waals surface area contributed by atoms with E-state index in [1.54, 1.807) is 12.1 Å². The van der Waals surface area contributed by atoms with Crippen molar-refractivity contribution in [1.82, 2.24) is 4.90 Å². The Morgan fingerprint density at radius 2 is 2.03 bits per heavy atom. The number of benzene rings is 1. The van der Waals surface area contributed by atoms with Crippen LogP contribution in [0, 0.1) is 5.41 Å². The normalized spacial score (nSPS) is 22.1. The molecule has 0 aromatic heterocycles. The van der Waals surface area contributed by atoms with Crippen LogP contribution >= 0.6 is 0 Å². The number of carbonyl (C=O) groups is 2. The summed E-state index contributed by atoms with van der Waals surface area (Å²) in [4.78, 5) is 25.2. The lowest BCUT2D eigenvalue weighted by Gasteiger charge is -2.45. The number of carbonyl (C=O) groups excluding carboxylic acids is 1. The van der Waals surface area contributed by atoms with Crippen LogP contribution in [0.25, 0.3) is 0 Å². The Kier molecular flexibility index (Phi) is 7.12. The van der Waals surface area contributed by atoms with E-state index < -0.39 is 12.1 Å². The molecule has 1 aliphatic carbocycles. The highest BCUT2D eigenvalue weighted by Gasteiger charge is 2.41. The van der Waals surface area contributed by atoms with Crippen LogP contribution in [-0.2, 0) is 11.2 Å². The maximum absolute atomic E-state index is 12.4. The molecule has 0 radical (unpaired) electrons. The average molecular weight is 400 g/mol. The van der Waals surface area contributed by atoms with Gasteiger partial charge >= 0.3 is 5.97 Å². The molecule has 158 valence electrons. The number of likely N-dealkylation sites (tertiary alicyclic amines) is 1. The minimum Gasteiger partial charge on any atom is -0.478 e. The van der Waals surface area contributed by atoms with Gasteiger partial charge in [-0.05, 0) is 55.2 Å². The van der Waals surface area contributed by atoms with Crippen LogP contribution in [0.2, 0.25) is 0 Å². The fraction of sp³-hybridized carbons (Fsp3) is 0.583. The third kappa shape index (κ3) is 5.08. The van der Waals surface area contributed by atoms with Gasteiger partial charge in [-0.1, -0.05) is 50.5 Å². The smallest absolute Gasteiger partial charge is 0.335 e. The molecule has 5 nitrogen and oxygen atoms in total. The molecule has 2 atom stereocenters. The molecule has 1 aromatic rings. The molecule has 1 saturated heterocycles. The first-order valence-electron chi connectivity index (χ1n) is 10.9.